The summed E-state index contributed by atoms with van der Waals surface area (Å²) in [4.78, 5) is 12.2. The van der Waals surface area contributed by atoms with Crippen LogP contribution in [0.25, 0.3) is 0 Å². The van der Waals surface area contributed by atoms with E-state index in [1.54, 1.807) is 6.07 Å². The van der Waals surface area contributed by atoms with Crippen molar-refractivity contribution in [3.63, 3.8) is 0 Å². The molecular formula is C14H10FIO. The lowest BCUT2D eigenvalue weighted by atomic mass is 10.0. The molecule has 0 amide bonds. The zero-order valence-corrected chi connectivity index (χ0v) is 11.4. The third-order valence-electron chi connectivity index (χ3n) is 2.46. The Morgan fingerprint density at radius 2 is 1.94 bits per heavy atom. The van der Waals surface area contributed by atoms with Gasteiger partial charge in [-0.2, -0.15) is 0 Å². The molecule has 0 fully saturated rings. The van der Waals surface area contributed by atoms with Crippen LogP contribution >= 0.6 is 22.6 Å². The van der Waals surface area contributed by atoms with Gasteiger partial charge >= 0.3 is 0 Å². The largest absolute Gasteiger partial charge is 0.289 e. The van der Waals surface area contributed by atoms with E-state index < -0.39 is 0 Å². The molecule has 1 nitrogen and oxygen atoms in total. The summed E-state index contributed by atoms with van der Waals surface area (Å²) in [7, 11) is 0. The normalized spacial score (nSPS) is 10.3. The zero-order chi connectivity index (χ0) is 12.4. The van der Waals surface area contributed by atoms with E-state index in [0.29, 0.717) is 14.7 Å². The molecule has 0 unspecified atom stereocenters. The first-order valence-electron chi connectivity index (χ1n) is 5.14. The van der Waals surface area contributed by atoms with Crippen LogP contribution in [-0.4, -0.2) is 5.78 Å². The van der Waals surface area contributed by atoms with E-state index in [0.717, 1.165) is 5.56 Å². The van der Waals surface area contributed by atoms with Crippen molar-refractivity contribution in [3.05, 3.63) is 68.5 Å². The molecule has 0 bridgehead atoms. The van der Waals surface area contributed by atoms with Gasteiger partial charge in [-0.25, -0.2) is 4.39 Å². The Morgan fingerprint density at radius 1 is 1.18 bits per heavy atom. The molecule has 2 aromatic rings. The monoisotopic (exact) mass is 340 g/mol. The van der Waals surface area contributed by atoms with Crippen LogP contribution in [-0.2, 0) is 0 Å². The number of benzene rings is 2. The van der Waals surface area contributed by atoms with Crippen molar-refractivity contribution < 1.29 is 9.18 Å². The minimum atomic E-state index is -0.324. The Balaban J connectivity index is 2.44. The van der Waals surface area contributed by atoms with Crippen LogP contribution in [0.4, 0.5) is 4.39 Å². The average Bonchev–Trinajstić information content (AvgIpc) is 2.28. The standard InChI is InChI=1S/C14H10FIO/c1-9-3-2-4-10(7-9)14(17)12-6-5-11(15)8-13(12)16/h2-8H,1H3. The lowest BCUT2D eigenvalue weighted by molar-refractivity contribution is 0.103. The van der Waals surface area contributed by atoms with E-state index >= 15 is 0 Å². The van der Waals surface area contributed by atoms with E-state index in [9.17, 15) is 9.18 Å². The molecule has 0 aliphatic heterocycles. The summed E-state index contributed by atoms with van der Waals surface area (Å²) < 4.78 is 13.6. The molecule has 0 aliphatic carbocycles. The number of ketones is 1. The first-order chi connectivity index (χ1) is 8.08. The molecule has 3 heteroatoms. The third kappa shape index (κ3) is 2.72. The highest BCUT2D eigenvalue weighted by atomic mass is 127. The maximum absolute atomic E-state index is 13.0. The summed E-state index contributed by atoms with van der Waals surface area (Å²) >= 11 is 1.98. The predicted octanol–water partition coefficient (Wildman–Crippen LogP) is 3.97. The van der Waals surface area contributed by atoms with Crippen molar-refractivity contribution in [2.24, 2.45) is 0 Å². The molecule has 2 rings (SSSR count). The molecule has 0 N–H and O–H groups in total. The molecule has 0 spiro atoms. The van der Waals surface area contributed by atoms with E-state index in [2.05, 4.69) is 0 Å². The van der Waals surface area contributed by atoms with Crippen molar-refractivity contribution in [1.29, 1.82) is 0 Å². The second kappa shape index (κ2) is 4.96. The smallest absolute Gasteiger partial charge is 0.194 e. The van der Waals surface area contributed by atoms with Crippen LogP contribution in [0.15, 0.2) is 42.5 Å². The van der Waals surface area contributed by atoms with Crippen LogP contribution in [0.5, 0.6) is 0 Å². The Morgan fingerprint density at radius 3 is 2.59 bits per heavy atom. The van der Waals surface area contributed by atoms with E-state index in [4.69, 9.17) is 0 Å². The molecular weight excluding hydrogens is 330 g/mol. The van der Waals surface area contributed by atoms with E-state index in [1.165, 1.54) is 18.2 Å². The summed E-state index contributed by atoms with van der Waals surface area (Å²) in [6.45, 7) is 1.94. The topological polar surface area (TPSA) is 17.1 Å². The molecule has 0 atom stereocenters. The van der Waals surface area contributed by atoms with Crippen molar-refractivity contribution >= 4 is 28.4 Å². The fourth-order valence-corrected chi connectivity index (χ4v) is 2.34. The van der Waals surface area contributed by atoms with Crippen molar-refractivity contribution in [3.8, 4) is 0 Å². The zero-order valence-electron chi connectivity index (χ0n) is 9.21. The van der Waals surface area contributed by atoms with Gasteiger partial charge < -0.3 is 0 Å². The van der Waals surface area contributed by atoms with Crippen LogP contribution in [0, 0.1) is 16.3 Å². The first kappa shape index (κ1) is 12.2. The third-order valence-corrected chi connectivity index (χ3v) is 3.35. The molecule has 0 aliphatic rings. The summed E-state index contributed by atoms with van der Waals surface area (Å²) in [6.07, 6.45) is 0. The average molecular weight is 340 g/mol. The number of halogens is 2. The molecule has 2 aromatic carbocycles. The highest BCUT2D eigenvalue weighted by Crippen LogP contribution is 2.18. The SMILES string of the molecule is Cc1cccc(C(=O)c2ccc(F)cc2I)c1. The van der Waals surface area contributed by atoms with Gasteiger partial charge in [-0.3, -0.25) is 4.79 Å². The quantitative estimate of drug-likeness (QED) is 0.597. The first-order valence-corrected chi connectivity index (χ1v) is 6.22. The van der Waals surface area contributed by atoms with Gasteiger partial charge in [0.25, 0.3) is 0 Å². The van der Waals surface area contributed by atoms with Gasteiger partial charge in [0.15, 0.2) is 5.78 Å². The van der Waals surface area contributed by atoms with Gasteiger partial charge in [-0.15, -0.1) is 0 Å². The number of hydrogen-bond donors (Lipinski definition) is 0. The fraction of sp³-hybridized carbons (Fsp3) is 0.0714. The maximum atomic E-state index is 13.0. The van der Waals surface area contributed by atoms with Crippen LogP contribution < -0.4 is 0 Å². The second-order valence-electron chi connectivity index (χ2n) is 3.82. The summed E-state index contributed by atoms with van der Waals surface area (Å²) in [5, 5.41) is 0. The van der Waals surface area contributed by atoms with Crippen molar-refractivity contribution in [1.82, 2.24) is 0 Å². The number of carbonyl (C=O) groups is 1. The number of aryl methyl sites for hydroxylation is 1. The van der Waals surface area contributed by atoms with Gasteiger partial charge in [0.1, 0.15) is 5.82 Å². The van der Waals surface area contributed by atoms with Crippen LogP contribution in [0.1, 0.15) is 21.5 Å². The second-order valence-corrected chi connectivity index (χ2v) is 4.98. The van der Waals surface area contributed by atoms with Crippen molar-refractivity contribution in [2.45, 2.75) is 6.92 Å². The number of carbonyl (C=O) groups excluding carboxylic acids is 1. The number of hydrogen-bond acceptors (Lipinski definition) is 1. The fourth-order valence-electron chi connectivity index (χ4n) is 1.62. The molecule has 0 saturated heterocycles. The highest BCUT2D eigenvalue weighted by Gasteiger charge is 2.12. The highest BCUT2D eigenvalue weighted by molar-refractivity contribution is 14.1. The summed E-state index contributed by atoms with van der Waals surface area (Å²) in [5.41, 5.74) is 2.21. The van der Waals surface area contributed by atoms with Crippen LogP contribution in [0.3, 0.4) is 0 Å². The van der Waals surface area contributed by atoms with Gasteiger partial charge in [0, 0.05) is 14.7 Å². The van der Waals surface area contributed by atoms with Gasteiger partial charge in [0.2, 0.25) is 0 Å². The van der Waals surface area contributed by atoms with Crippen LogP contribution in [0.2, 0.25) is 0 Å². The Labute approximate surface area is 113 Å². The lowest BCUT2D eigenvalue weighted by Gasteiger charge is -2.04. The molecule has 86 valence electrons. The molecule has 0 heterocycles. The lowest BCUT2D eigenvalue weighted by Crippen LogP contribution is -2.04. The Hall–Kier alpha value is -1.23. The van der Waals surface area contributed by atoms with E-state index in [1.807, 2.05) is 47.7 Å². The maximum Gasteiger partial charge on any atom is 0.194 e. The predicted molar refractivity (Wildman–Crippen MR) is 73.7 cm³/mol. The minimum Gasteiger partial charge on any atom is -0.289 e. The molecule has 17 heavy (non-hydrogen) atoms. The van der Waals surface area contributed by atoms with E-state index in [-0.39, 0.29) is 11.6 Å². The molecule has 0 saturated carbocycles. The minimum absolute atomic E-state index is 0.0712. The summed E-state index contributed by atoms with van der Waals surface area (Å²) in [5.74, 6) is -0.395. The van der Waals surface area contributed by atoms with Crippen molar-refractivity contribution in [2.75, 3.05) is 0 Å². The summed E-state index contributed by atoms with van der Waals surface area (Å²) in [6, 6.07) is 11.6. The van der Waals surface area contributed by atoms with Gasteiger partial charge in [-0.05, 0) is 53.8 Å². The molecule has 0 aromatic heterocycles. The Kier molecular flexibility index (Phi) is 3.57. The van der Waals surface area contributed by atoms with Gasteiger partial charge in [-0.1, -0.05) is 23.8 Å². The number of rotatable bonds is 2. The molecule has 0 radical (unpaired) electrons. The Bertz CT molecular complexity index is 578. The van der Waals surface area contributed by atoms with Gasteiger partial charge in [0.05, 0.1) is 0 Å².